The van der Waals surface area contributed by atoms with E-state index in [-0.39, 0.29) is 11.8 Å². The minimum atomic E-state index is 0.0341. The van der Waals surface area contributed by atoms with Gasteiger partial charge in [0.1, 0.15) is 0 Å². The minimum Gasteiger partial charge on any atom is -0.355 e. The Hall–Kier alpha value is -1.30. The first kappa shape index (κ1) is 20.0. The average molecular weight is 352 g/mol. The molecule has 3 N–H and O–H groups in total. The largest absolute Gasteiger partial charge is 0.355 e. The number of carbonyl (C=O) groups is 1. The van der Waals surface area contributed by atoms with Gasteiger partial charge in [0, 0.05) is 51.2 Å². The van der Waals surface area contributed by atoms with Crippen molar-refractivity contribution >= 4 is 11.9 Å². The lowest BCUT2D eigenvalue weighted by molar-refractivity contribution is -0.123. The Balaban J connectivity index is 1.62. The SMILES string of the molecule is CN=C(NCCNC(=O)C(C)C)NC1CCN(C2CCCCC2)CC1. The highest BCUT2D eigenvalue weighted by molar-refractivity contribution is 5.80. The van der Waals surface area contributed by atoms with Crippen molar-refractivity contribution in [2.75, 3.05) is 33.2 Å². The second kappa shape index (κ2) is 10.6. The number of nitrogens with zero attached hydrogens (tertiary/aromatic N) is 2. The fourth-order valence-corrected chi connectivity index (χ4v) is 3.81. The highest BCUT2D eigenvalue weighted by Gasteiger charge is 2.26. The molecule has 1 amide bonds. The Kier molecular flexibility index (Phi) is 8.52. The standard InChI is InChI=1S/C19H37N5O/c1-15(2)18(25)21-11-12-22-19(20-3)23-16-9-13-24(14-10-16)17-7-5-4-6-8-17/h15-17H,4-14H2,1-3H3,(H,21,25)(H2,20,22,23). The lowest BCUT2D eigenvalue weighted by atomic mass is 9.92. The van der Waals surface area contributed by atoms with Gasteiger partial charge in [-0.05, 0) is 25.7 Å². The predicted octanol–water partition coefficient (Wildman–Crippen LogP) is 1.72. The molecule has 144 valence electrons. The van der Waals surface area contributed by atoms with Crippen LogP contribution in [0.4, 0.5) is 0 Å². The normalized spacial score (nSPS) is 21.4. The highest BCUT2D eigenvalue weighted by Crippen LogP contribution is 2.25. The Labute approximate surface area is 153 Å². The van der Waals surface area contributed by atoms with Crippen LogP contribution in [0.15, 0.2) is 4.99 Å². The zero-order valence-electron chi connectivity index (χ0n) is 16.3. The maximum absolute atomic E-state index is 11.5. The third kappa shape index (κ3) is 6.84. The first-order valence-corrected chi connectivity index (χ1v) is 10.1. The van der Waals surface area contributed by atoms with E-state index in [0.29, 0.717) is 19.1 Å². The zero-order valence-corrected chi connectivity index (χ0v) is 16.3. The molecule has 6 heteroatoms. The van der Waals surface area contributed by atoms with E-state index < -0.39 is 0 Å². The van der Waals surface area contributed by atoms with Crippen molar-refractivity contribution in [1.29, 1.82) is 0 Å². The zero-order chi connectivity index (χ0) is 18.1. The summed E-state index contributed by atoms with van der Waals surface area (Å²) >= 11 is 0. The average Bonchev–Trinajstić information content (AvgIpc) is 2.65. The summed E-state index contributed by atoms with van der Waals surface area (Å²) < 4.78 is 0. The van der Waals surface area contributed by atoms with E-state index >= 15 is 0 Å². The Morgan fingerprint density at radius 1 is 1.04 bits per heavy atom. The number of guanidine groups is 1. The Morgan fingerprint density at radius 3 is 2.28 bits per heavy atom. The molecule has 2 rings (SSSR count). The molecule has 0 spiro atoms. The number of amides is 1. The molecular formula is C19H37N5O. The van der Waals surface area contributed by atoms with Gasteiger partial charge in [-0.3, -0.25) is 9.79 Å². The van der Waals surface area contributed by atoms with E-state index in [0.717, 1.165) is 12.0 Å². The van der Waals surface area contributed by atoms with E-state index in [4.69, 9.17) is 0 Å². The van der Waals surface area contributed by atoms with Gasteiger partial charge >= 0.3 is 0 Å². The van der Waals surface area contributed by atoms with Crippen LogP contribution >= 0.6 is 0 Å². The molecule has 1 aliphatic heterocycles. The second-order valence-corrected chi connectivity index (χ2v) is 7.69. The van der Waals surface area contributed by atoms with Gasteiger partial charge in [0.25, 0.3) is 0 Å². The number of aliphatic imine (C=N–C) groups is 1. The Bertz CT molecular complexity index is 424. The van der Waals surface area contributed by atoms with Gasteiger partial charge in [0.05, 0.1) is 0 Å². The van der Waals surface area contributed by atoms with Gasteiger partial charge in [-0.25, -0.2) is 0 Å². The van der Waals surface area contributed by atoms with Crippen molar-refractivity contribution in [3.05, 3.63) is 0 Å². The van der Waals surface area contributed by atoms with E-state index in [1.165, 1.54) is 58.0 Å². The van der Waals surface area contributed by atoms with Crippen LogP contribution in [0.3, 0.4) is 0 Å². The van der Waals surface area contributed by atoms with Crippen molar-refractivity contribution in [3.63, 3.8) is 0 Å². The summed E-state index contributed by atoms with van der Waals surface area (Å²) in [5, 5.41) is 9.75. The van der Waals surface area contributed by atoms with Crippen molar-refractivity contribution in [2.24, 2.45) is 10.9 Å². The van der Waals surface area contributed by atoms with Crippen LogP contribution in [-0.2, 0) is 4.79 Å². The molecule has 2 aliphatic rings. The number of hydrogen-bond donors (Lipinski definition) is 3. The fourth-order valence-electron chi connectivity index (χ4n) is 3.81. The molecule has 1 saturated carbocycles. The molecule has 0 radical (unpaired) electrons. The summed E-state index contributed by atoms with van der Waals surface area (Å²) in [5.74, 6) is 0.974. The quantitative estimate of drug-likeness (QED) is 0.387. The lowest BCUT2D eigenvalue weighted by Gasteiger charge is -2.39. The van der Waals surface area contributed by atoms with Gasteiger partial charge in [-0.15, -0.1) is 0 Å². The molecule has 0 atom stereocenters. The summed E-state index contributed by atoms with van der Waals surface area (Å²) in [5.41, 5.74) is 0. The van der Waals surface area contributed by atoms with Crippen LogP contribution in [0.1, 0.15) is 58.8 Å². The molecule has 0 bridgehead atoms. The van der Waals surface area contributed by atoms with Crippen LogP contribution in [0.5, 0.6) is 0 Å². The smallest absolute Gasteiger partial charge is 0.222 e. The van der Waals surface area contributed by atoms with E-state index in [1.54, 1.807) is 7.05 Å². The number of carbonyl (C=O) groups excluding carboxylic acids is 1. The van der Waals surface area contributed by atoms with Gasteiger partial charge in [-0.1, -0.05) is 33.1 Å². The monoisotopic (exact) mass is 351 g/mol. The number of hydrogen-bond acceptors (Lipinski definition) is 3. The molecule has 6 nitrogen and oxygen atoms in total. The molecule has 0 aromatic heterocycles. The molecule has 1 saturated heterocycles. The Morgan fingerprint density at radius 2 is 1.68 bits per heavy atom. The van der Waals surface area contributed by atoms with Crippen molar-refractivity contribution < 1.29 is 4.79 Å². The molecule has 1 heterocycles. The lowest BCUT2D eigenvalue weighted by Crippen LogP contribution is -2.51. The third-order valence-corrected chi connectivity index (χ3v) is 5.43. The number of rotatable bonds is 6. The van der Waals surface area contributed by atoms with Crippen molar-refractivity contribution in [2.45, 2.75) is 70.9 Å². The van der Waals surface area contributed by atoms with Gasteiger partial charge in [-0.2, -0.15) is 0 Å². The maximum atomic E-state index is 11.5. The third-order valence-electron chi connectivity index (χ3n) is 5.43. The predicted molar refractivity (Wildman–Crippen MR) is 104 cm³/mol. The van der Waals surface area contributed by atoms with E-state index in [2.05, 4.69) is 25.8 Å². The summed E-state index contributed by atoms with van der Waals surface area (Å²) in [4.78, 5) is 18.6. The number of nitrogens with one attached hydrogen (secondary N) is 3. The number of likely N-dealkylation sites (tertiary alicyclic amines) is 1. The second-order valence-electron chi connectivity index (χ2n) is 7.69. The molecule has 0 aromatic carbocycles. The summed E-state index contributed by atoms with van der Waals surface area (Å²) in [6.45, 7) is 7.52. The molecule has 25 heavy (non-hydrogen) atoms. The minimum absolute atomic E-state index is 0.0341. The fraction of sp³-hybridized carbons (Fsp3) is 0.895. The van der Waals surface area contributed by atoms with E-state index in [9.17, 15) is 4.79 Å². The molecule has 0 aromatic rings. The summed E-state index contributed by atoms with van der Waals surface area (Å²) in [6, 6.07) is 1.33. The first-order valence-electron chi connectivity index (χ1n) is 10.1. The van der Waals surface area contributed by atoms with Crippen LogP contribution in [-0.4, -0.2) is 62.1 Å². The molecular weight excluding hydrogens is 314 g/mol. The van der Waals surface area contributed by atoms with Gasteiger partial charge < -0.3 is 20.9 Å². The van der Waals surface area contributed by atoms with Crippen LogP contribution < -0.4 is 16.0 Å². The molecule has 2 fully saturated rings. The first-order chi connectivity index (χ1) is 12.1. The molecule has 1 aliphatic carbocycles. The van der Waals surface area contributed by atoms with E-state index in [1.807, 2.05) is 13.8 Å². The van der Waals surface area contributed by atoms with Crippen LogP contribution in [0.2, 0.25) is 0 Å². The van der Waals surface area contributed by atoms with Gasteiger partial charge in [0.15, 0.2) is 5.96 Å². The van der Waals surface area contributed by atoms with Crippen LogP contribution in [0, 0.1) is 5.92 Å². The van der Waals surface area contributed by atoms with Gasteiger partial charge in [0.2, 0.25) is 5.91 Å². The highest BCUT2D eigenvalue weighted by atomic mass is 16.1. The topological polar surface area (TPSA) is 68.8 Å². The van der Waals surface area contributed by atoms with Crippen molar-refractivity contribution in [3.8, 4) is 0 Å². The number of piperidine rings is 1. The molecule has 0 unspecified atom stereocenters. The maximum Gasteiger partial charge on any atom is 0.222 e. The van der Waals surface area contributed by atoms with Crippen molar-refractivity contribution in [1.82, 2.24) is 20.9 Å². The van der Waals surface area contributed by atoms with Crippen LogP contribution in [0.25, 0.3) is 0 Å². The summed E-state index contributed by atoms with van der Waals surface area (Å²) in [6.07, 6.45) is 9.39. The summed E-state index contributed by atoms with van der Waals surface area (Å²) in [7, 11) is 1.80.